The summed E-state index contributed by atoms with van der Waals surface area (Å²) in [6.45, 7) is 4.38. The molecule has 0 spiro atoms. The first-order valence-electron chi connectivity index (χ1n) is 6.81. The van der Waals surface area contributed by atoms with Crippen molar-refractivity contribution < 1.29 is 4.79 Å². The van der Waals surface area contributed by atoms with Crippen LogP contribution in [0.5, 0.6) is 0 Å². The van der Waals surface area contributed by atoms with Gasteiger partial charge in [0.2, 0.25) is 5.56 Å². The predicted octanol–water partition coefficient (Wildman–Crippen LogP) is 2.01. The number of nitrogens with two attached hydrogens (primary N) is 1. The number of hydrogen-bond acceptors (Lipinski definition) is 3. The Hall–Kier alpha value is -2.56. The van der Waals surface area contributed by atoms with Crippen molar-refractivity contribution >= 4 is 11.6 Å². The lowest BCUT2D eigenvalue weighted by Gasteiger charge is -2.27. The molecule has 0 bridgehead atoms. The zero-order chi connectivity index (χ0) is 15.4. The lowest BCUT2D eigenvalue weighted by molar-refractivity contribution is 0.0690. The van der Waals surface area contributed by atoms with Crippen LogP contribution in [0.2, 0.25) is 0 Å². The van der Waals surface area contributed by atoms with Gasteiger partial charge in [0.1, 0.15) is 0 Å². The average Bonchev–Trinajstić information content (AvgIpc) is 2.44. The molecule has 1 aromatic carbocycles. The Kier molecular flexibility index (Phi) is 4.42. The fraction of sp³-hybridized carbons (Fsp3) is 0.250. The van der Waals surface area contributed by atoms with E-state index in [1.165, 1.54) is 18.3 Å². The first kappa shape index (κ1) is 14.8. The SMILES string of the molecule is CC(C)N(Cc1cccc(N)c1)C(=O)c1ccc(=O)[nH]c1. The molecule has 0 unspecified atom stereocenters. The summed E-state index contributed by atoms with van der Waals surface area (Å²) in [5.74, 6) is -0.122. The molecule has 1 amide bonds. The highest BCUT2D eigenvalue weighted by Crippen LogP contribution is 2.14. The second-order valence-corrected chi connectivity index (χ2v) is 5.21. The summed E-state index contributed by atoms with van der Waals surface area (Å²) in [5, 5.41) is 0. The minimum absolute atomic E-state index is 0.0332. The number of carbonyl (C=O) groups is 1. The lowest BCUT2D eigenvalue weighted by Crippen LogP contribution is -2.36. The molecule has 0 atom stereocenters. The topological polar surface area (TPSA) is 79.2 Å². The standard InChI is InChI=1S/C16H19N3O2/c1-11(2)19(10-12-4-3-5-14(17)8-12)16(21)13-6-7-15(20)18-9-13/h3-9,11H,10,17H2,1-2H3,(H,18,20). The number of anilines is 1. The minimum Gasteiger partial charge on any atom is -0.399 e. The molecule has 2 aromatic rings. The van der Waals surface area contributed by atoms with Crippen molar-refractivity contribution in [3.63, 3.8) is 0 Å². The second-order valence-electron chi connectivity index (χ2n) is 5.21. The van der Waals surface area contributed by atoms with Crippen molar-refractivity contribution in [2.45, 2.75) is 26.4 Å². The molecule has 0 fully saturated rings. The van der Waals surface area contributed by atoms with Gasteiger partial charge in [-0.3, -0.25) is 9.59 Å². The van der Waals surface area contributed by atoms with E-state index in [1.54, 1.807) is 4.90 Å². The number of pyridine rings is 1. The predicted molar refractivity (Wildman–Crippen MR) is 82.9 cm³/mol. The lowest BCUT2D eigenvalue weighted by atomic mass is 10.1. The number of nitrogens with one attached hydrogen (secondary N) is 1. The van der Waals surface area contributed by atoms with E-state index in [4.69, 9.17) is 5.73 Å². The Morgan fingerprint density at radius 3 is 2.62 bits per heavy atom. The van der Waals surface area contributed by atoms with Crippen LogP contribution in [-0.2, 0) is 6.54 Å². The Morgan fingerprint density at radius 2 is 2.05 bits per heavy atom. The van der Waals surface area contributed by atoms with E-state index in [0.29, 0.717) is 17.8 Å². The maximum Gasteiger partial charge on any atom is 0.255 e. The van der Waals surface area contributed by atoms with E-state index in [1.807, 2.05) is 38.1 Å². The van der Waals surface area contributed by atoms with Gasteiger partial charge in [-0.2, -0.15) is 0 Å². The van der Waals surface area contributed by atoms with Crippen LogP contribution in [-0.4, -0.2) is 21.8 Å². The van der Waals surface area contributed by atoms with Gasteiger partial charge in [0.25, 0.3) is 5.91 Å². The first-order chi connectivity index (χ1) is 9.97. The monoisotopic (exact) mass is 285 g/mol. The molecule has 0 aliphatic carbocycles. The van der Waals surface area contributed by atoms with E-state index >= 15 is 0 Å². The fourth-order valence-corrected chi connectivity index (χ4v) is 2.09. The van der Waals surface area contributed by atoms with Crippen molar-refractivity contribution in [1.29, 1.82) is 0 Å². The minimum atomic E-state index is -0.224. The summed E-state index contributed by atoms with van der Waals surface area (Å²) in [6.07, 6.45) is 1.44. The highest BCUT2D eigenvalue weighted by Gasteiger charge is 2.19. The summed E-state index contributed by atoms with van der Waals surface area (Å²) >= 11 is 0. The van der Waals surface area contributed by atoms with E-state index in [0.717, 1.165) is 5.56 Å². The number of hydrogen-bond donors (Lipinski definition) is 2. The van der Waals surface area contributed by atoms with Crippen LogP contribution in [0, 0.1) is 0 Å². The molecule has 0 aliphatic rings. The molecule has 21 heavy (non-hydrogen) atoms. The maximum absolute atomic E-state index is 12.6. The summed E-state index contributed by atoms with van der Waals surface area (Å²) < 4.78 is 0. The summed E-state index contributed by atoms with van der Waals surface area (Å²) in [4.78, 5) is 27.9. The zero-order valence-corrected chi connectivity index (χ0v) is 12.2. The third-order valence-electron chi connectivity index (χ3n) is 3.22. The number of nitrogen functional groups attached to an aromatic ring is 1. The molecule has 0 radical (unpaired) electrons. The molecule has 110 valence electrons. The van der Waals surface area contributed by atoms with Crippen molar-refractivity contribution in [2.75, 3.05) is 5.73 Å². The number of rotatable bonds is 4. The normalized spacial score (nSPS) is 10.6. The van der Waals surface area contributed by atoms with Crippen LogP contribution >= 0.6 is 0 Å². The smallest absolute Gasteiger partial charge is 0.255 e. The quantitative estimate of drug-likeness (QED) is 0.843. The summed E-state index contributed by atoms with van der Waals surface area (Å²) in [6, 6.07) is 10.4. The molecule has 0 aliphatic heterocycles. The van der Waals surface area contributed by atoms with Gasteiger partial charge in [0.15, 0.2) is 0 Å². The largest absolute Gasteiger partial charge is 0.399 e. The highest BCUT2D eigenvalue weighted by atomic mass is 16.2. The number of benzene rings is 1. The van der Waals surface area contributed by atoms with Gasteiger partial charge < -0.3 is 15.6 Å². The number of carbonyl (C=O) groups excluding carboxylic acids is 1. The van der Waals surface area contributed by atoms with Crippen molar-refractivity contribution in [3.05, 3.63) is 64.1 Å². The molecular formula is C16H19N3O2. The fourth-order valence-electron chi connectivity index (χ4n) is 2.09. The van der Waals surface area contributed by atoms with E-state index < -0.39 is 0 Å². The second kappa shape index (κ2) is 6.26. The Bertz CT molecular complexity index is 671. The van der Waals surface area contributed by atoms with Crippen molar-refractivity contribution in [3.8, 4) is 0 Å². The van der Waals surface area contributed by atoms with Crippen molar-refractivity contribution in [1.82, 2.24) is 9.88 Å². The molecule has 1 heterocycles. The van der Waals surface area contributed by atoms with Gasteiger partial charge in [-0.15, -0.1) is 0 Å². The number of H-pyrrole nitrogens is 1. The molecule has 0 saturated carbocycles. The molecule has 5 heteroatoms. The molecular weight excluding hydrogens is 266 g/mol. The number of nitrogens with zero attached hydrogens (tertiary/aromatic N) is 1. The highest BCUT2D eigenvalue weighted by molar-refractivity contribution is 5.94. The van der Waals surface area contributed by atoms with Crippen LogP contribution in [0.4, 0.5) is 5.69 Å². The summed E-state index contributed by atoms with van der Waals surface area (Å²) in [5.41, 5.74) is 7.66. The van der Waals surface area contributed by atoms with Gasteiger partial charge in [-0.25, -0.2) is 0 Å². The van der Waals surface area contributed by atoms with Crippen LogP contribution in [0.15, 0.2) is 47.4 Å². The Morgan fingerprint density at radius 1 is 1.29 bits per heavy atom. The maximum atomic E-state index is 12.6. The van der Waals surface area contributed by atoms with E-state index in [-0.39, 0.29) is 17.5 Å². The summed E-state index contributed by atoms with van der Waals surface area (Å²) in [7, 11) is 0. The van der Waals surface area contributed by atoms with Gasteiger partial charge in [0, 0.05) is 30.5 Å². The van der Waals surface area contributed by atoms with Crippen LogP contribution in [0.25, 0.3) is 0 Å². The molecule has 2 rings (SSSR count). The Labute approximate surface area is 123 Å². The van der Waals surface area contributed by atoms with Crippen LogP contribution < -0.4 is 11.3 Å². The third kappa shape index (κ3) is 3.72. The number of aromatic amines is 1. The van der Waals surface area contributed by atoms with E-state index in [9.17, 15) is 9.59 Å². The van der Waals surface area contributed by atoms with Gasteiger partial charge in [-0.05, 0) is 37.6 Å². The van der Waals surface area contributed by atoms with Gasteiger partial charge >= 0.3 is 0 Å². The first-order valence-corrected chi connectivity index (χ1v) is 6.81. The molecule has 1 aromatic heterocycles. The average molecular weight is 285 g/mol. The number of aromatic nitrogens is 1. The molecule has 0 saturated heterocycles. The van der Waals surface area contributed by atoms with Crippen molar-refractivity contribution in [2.24, 2.45) is 0 Å². The van der Waals surface area contributed by atoms with Gasteiger partial charge in [-0.1, -0.05) is 12.1 Å². The van der Waals surface area contributed by atoms with E-state index in [2.05, 4.69) is 4.98 Å². The molecule has 5 nitrogen and oxygen atoms in total. The van der Waals surface area contributed by atoms with Crippen LogP contribution in [0.3, 0.4) is 0 Å². The van der Waals surface area contributed by atoms with Crippen LogP contribution in [0.1, 0.15) is 29.8 Å². The Balaban J connectivity index is 2.24. The van der Waals surface area contributed by atoms with Gasteiger partial charge in [0.05, 0.1) is 5.56 Å². The molecule has 3 N–H and O–H groups in total. The third-order valence-corrected chi connectivity index (χ3v) is 3.22. The number of amides is 1. The zero-order valence-electron chi connectivity index (χ0n) is 12.2.